The highest BCUT2D eigenvalue weighted by atomic mass is 35.5. The number of para-hydroxylation sites is 1. The molecule has 1 saturated heterocycles. The highest BCUT2D eigenvalue weighted by molar-refractivity contribution is 7.99. The normalized spacial score (nSPS) is 16.2. The van der Waals surface area contributed by atoms with Crippen LogP contribution in [0.5, 0.6) is 34.5 Å². The lowest BCUT2D eigenvalue weighted by Crippen LogP contribution is -2.21. The van der Waals surface area contributed by atoms with Crippen LogP contribution in [0.15, 0.2) is 90.0 Å². The quantitative estimate of drug-likeness (QED) is 0.0567. The second kappa shape index (κ2) is 16.9. The van der Waals surface area contributed by atoms with Crippen molar-refractivity contribution in [2.24, 2.45) is 0 Å². The zero-order valence-corrected chi connectivity index (χ0v) is 30.0. The second-order valence-electron chi connectivity index (χ2n) is 11.4. The monoisotopic (exact) mass is 721 g/mol. The SMILES string of the molecule is COc1cc(C2CCC(c3cc(OC)c(OC)c(OC)c3)O2)cc(C/C=C/N(O)C(=O)c2ccccc2O)c1OC(C)Sc1ccc(Cl)cc1. The van der Waals surface area contributed by atoms with Gasteiger partial charge in [-0.3, -0.25) is 10.0 Å². The van der Waals surface area contributed by atoms with E-state index in [1.54, 1.807) is 46.6 Å². The number of allylic oxidation sites excluding steroid dienone is 1. The summed E-state index contributed by atoms with van der Waals surface area (Å²) in [7, 11) is 6.31. The van der Waals surface area contributed by atoms with E-state index in [1.807, 2.05) is 55.5 Å². The molecule has 10 nitrogen and oxygen atoms in total. The largest absolute Gasteiger partial charge is 0.507 e. The minimum Gasteiger partial charge on any atom is -0.507 e. The van der Waals surface area contributed by atoms with E-state index in [2.05, 4.69) is 0 Å². The van der Waals surface area contributed by atoms with Gasteiger partial charge < -0.3 is 33.5 Å². The molecule has 5 rings (SSSR count). The third kappa shape index (κ3) is 8.59. The molecule has 0 aromatic heterocycles. The maximum absolute atomic E-state index is 12.8. The number of carbonyl (C=O) groups is 1. The molecule has 2 N–H and O–H groups in total. The number of thioether (sulfide) groups is 1. The second-order valence-corrected chi connectivity index (χ2v) is 13.2. The number of methoxy groups -OCH3 is 4. The van der Waals surface area contributed by atoms with Crippen molar-refractivity contribution in [3.05, 3.63) is 112 Å². The summed E-state index contributed by atoms with van der Waals surface area (Å²) in [5, 5.41) is 21.7. The summed E-state index contributed by atoms with van der Waals surface area (Å²) in [6.45, 7) is 1.94. The van der Waals surface area contributed by atoms with Crippen LogP contribution in [0.3, 0.4) is 0 Å². The van der Waals surface area contributed by atoms with Crippen molar-refractivity contribution < 1.29 is 43.5 Å². The Hall–Kier alpha value is -4.55. The number of halogens is 1. The van der Waals surface area contributed by atoms with Gasteiger partial charge in [0, 0.05) is 21.7 Å². The predicted octanol–water partition coefficient (Wildman–Crippen LogP) is 8.78. The Morgan fingerprint density at radius 2 is 1.48 bits per heavy atom. The molecule has 0 aliphatic carbocycles. The first-order chi connectivity index (χ1) is 24.1. The van der Waals surface area contributed by atoms with E-state index >= 15 is 0 Å². The van der Waals surface area contributed by atoms with Crippen molar-refractivity contribution in [3.8, 4) is 34.5 Å². The van der Waals surface area contributed by atoms with Gasteiger partial charge in [-0.1, -0.05) is 41.6 Å². The number of hydrogen-bond donors (Lipinski definition) is 2. The summed E-state index contributed by atoms with van der Waals surface area (Å²) in [6, 6.07) is 21.2. The summed E-state index contributed by atoms with van der Waals surface area (Å²) >= 11 is 7.60. The zero-order chi connectivity index (χ0) is 35.8. The lowest BCUT2D eigenvalue weighted by molar-refractivity contribution is -0.0206. The highest BCUT2D eigenvalue weighted by Gasteiger charge is 2.31. The van der Waals surface area contributed by atoms with Crippen molar-refractivity contribution in [1.29, 1.82) is 0 Å². The average molecular weight is 722 g/mol. The number of ether oxygens (including phenoxy) is 6. The van der Waals surface area contributed by atoms with Gasteiger partial charge in [0.2, 0.25) is 5.75 Å². The first kappa shape index (κ1) is 36.7. The van der Waals surface area contributed by atoms with Crippen LogP contribution in [0.25, 0.3) is 0 Å². The predicted molar refractivity (Wildman–Crippen MR) is 191 cm³/mol. The summed E-state index contributed by atoms with van der Waals surface area (Å²) in [5.74, 6) is 1.65. The standard InChI is InChI=1S/C38H40ClNO9S/c1-23(50-28-14-12-27(39)13-15-28)48-36-24(9-8-18-40(43)38(42)29-10-6-7-11-30(29)41)19-25(20-33(36)44-2)31-16-17-32(49-31)26-21-34(45-3)37(47-5)35(22-26)46-4/h6-8,10-15,18-23,31-32,41,43H,9,16-17H2,1-5H3/b18-8+. The maximum Gasteiger partial charge on any atom is 0.285 e. The maximum atomic E-state index is 12.8. The van der Waals surface area contributed by atoms with Gasteiger partial charge in [-0.15, -0.1) is 0 Å². The van der Waals surface area contributed by atoms with Crippen molar-refractivity contribution in [2.75, 3.05) is 28.4 Å². The molecule has 264 valence electrons. The van der Waals surface area contributed by atoms with Gasteiger partial charge in [-0.05, 0) is 98.0 Å². The number of hydrogen-bond acceptors (Lipinski definition) is 10. The molecule has 4 aromatic carbocycles. The summed E-state index contributed by atoms with van der Waals surface area (Å²) in [6.07, 6.45) is 4.15. The van der Waals surface area contributed by atoms with Gasteiger partial charge in [0.05, 0.1) is 46.2 Å². The molecule has 1 aliphatic rings. The fourth-order valence-electron chi connectivity index (χ4n) is 5.74. The van der Waals surface area contributed by atoms with Crippen molar-refractivity contribution in [1.82, 2.24) is 5.06 Å². The van der Waals surface area contributed by atoms with Crippen molar-refractivity contribution in [3.63, 3.8) is 0 Å². The molecule has 1 heterocycles. The van der Waals surface area contributed by atoms with Crippen LogP contribution in [0, 0.1) is 0 Å². The van der Waals surface area contributed by atoms with E-state index in [1.165, 1.54) is 30.1 Å². The van der Waals surface area contributed by atoms with E-state index in [0.717, 1.165) is 34.4 Å². The lowest BCUT2D eigenvalue weighted by Gasteiger charge is -2.22. The Bertz CT molecular complexity index is 1790. The molecule has 3 atom stereocenters. The van der Waals surface area contributed by atoms with Gasteiger partial charge >= 0.3 is 0 Å². The van der Waals surface area contributed by atoms with E-state index in [4.69, 9.17) is 40.0 Å². The summed E-state index contributed by atoms with van der Waals surface area (Å²) in [4.78, 5) is 13.8. The average Bonchev–Trinajstić information content (AvgIpc) is 3.63. The number of phenolic OH excluding ortho intramolecular Hbond substituents is 1. The molecule has 0 saturated carbocycles. The van der Waals surface area contributed by atoms with Gasteiger partial charge in [0.1, 0.15) is 11.2 Å². The van der Waals surface area contributed by atoms with Crippen LogP contribution in [-0.4, -0.2) is 55.2 Å². The number of benzene rings is 4. The molecule has 12 heteroatoms. The van der Waals surface area contributed by atoms with E-state index < -0.39 is 5.91 Å². The highest BCUT2D eigenvalue weighted by Crippen LogP contribution is 2.48. The van der Waals surface area contributed by atoms with Gasteiger partial charge in [0.25, 0.3) is 5.91 Å². The summed E-state index contributed by atoms with van der Waals surface area (Å²) < 4.78 is 35.6. The number of amides is 1. The number of nitrogens with zero attached hydrogens (tertiary/aromatic N) is 1. The number of aromatic hydroxyl groups is 1. The number of rotatable bonds is 14. The Balaban J connectivity index is 1.42. The topological polar surface area (TPSA) is 116 Å². The Kier molecular flexibility index (Phi) is 12.4. The van der Waals surface area contributed by atoms with Crippen LogP contribution in [0.2, 0.25) is 5.02 Å². The van der Waals surface area contributed by atoms with Crippen molar-refractivity contribution >= 4 is 29.3 Å². The van der Waals surface area contributed by atoms with Crippen LogP contribution >= 0.6 is 23.4 Å². The molecule has 1 aliphatic heterocycles. The van der Waals surface area contributed by atoms with Crippen LogP contribution < -0.4 is 23.7 Å². The van der Waals surface area contributed by atoms with Crippen LogP contribution in [0.1, 0.15) is 59.0 Å². The van der Waals surface area contributed by atoms with Gasteiger partial charge in [0.15, 0.2) is 23.0 Å². The van der Waals surface area contributed by atoms with Crippen molar-refractivity contribution in [2.45, 2.75) is 48.7 Å². The Labute approximate surface area is 301 Å². The molecule has 3 unspecified atom stereocenters. The third-order valence-corrected chi connectivity index (χ3v) is 9.38. The molecule has 0 spiro atoms. The smallest absolute Gasteiger partial charge is 0.285 e. The molecule has 4 aromatic rings. The molecular formula is C38H40ClNO9S. The number of hydroxylamine groups is 2. The zero-order valence-electron chi connectivity index (χ0n) is 28.4. The number of carbonyl (C=O) groups excluding carboxylic acids is 1. The molecular weight excluding hydrogens is 682 g/mol. The third-order valence-electron chi connectivity index (χ3n) is 8.15. The lowest BCUT2D eigenvalue weighted by atomic mass is 9.99. The van der Waals surface area contributed by atoms with Crippen LogP contribution in [0.4, 0.5) is 0 Å². The van der Waals surface area contributed by atoms with Crippen LogP contribution in [-0.2, 0) is 11.2 Å². The minimum absolute atomic E-state index is 0.0274. The minimum atomic E-state index is -0.771. The van der Waals surface area contributed by atoms with Gasteiger partial charge in [-0.25, -0.2) is 0 Å². The first-order valence-corrected chi connectivity index (χ1v) is 17.1. The Morgan fingerprint density at radius 1 is 0.900 bits per heavy atom. The number of phenols is 1. The van der Waals surface area contributed by atoms with Gasteiger partial charge in [-0.2, -0.15) is 5.06 Å². The fourth-order valence-corrected chi connectivity index (χ4v) is 6.69. The van der Waals surface area contributed by atoms with E-state index in [-0.39, 0.29) is 35.4 Å². The molecule has 1 fully saturated rings. The Morgan fingerprint density at radius 3 is 2.06 bits per heavy atom. The van der Waals surface area contributed by atoms with E-state index in [0.29, 0.717) is 38.8 Å². The summed E-state index contributed by atoms with van der Waals surface area (Å²) in [5.41, 5.74) is 2.20. The van der Waals surface area contributed by atoms with E-state index in [9.17, 15) is 15.1 Å². The molecule has 0 radical (unpaired) electrons. The molecule has 0 bridgehead atoms. The first-order valence-electron chi connectivity index (χ1n) is 15.9. The molecule has 50 heavy (non-hydrogen) atoms. The fraction of sp³-hybridized carbons (Fsp3) is 0.289. The molecule has 1 amide bonds.